The number of fused-ring (bicyclic) bond motifs is 1. The van der Waals surface area contributed by atoms with Gasteiger partial charge in [0.2, 0.25) is 0 Å². The van der Waals surface area contributed by atoms with Crippen LogP contribution in [0.3, 0.4) is 0 Å². The number of rotatable bonds is 4. The third kappa shape index (κ3) is 3.19. The van der Waals surface area contributed by atoms with Gasteiger partial charge in [0.15, 0.2) is 17.3 Å². The molecular formula is C21H19N9O. The van der Waals surface area contributed by atoms with Crippen LogP contribution in [0.1, 0.15) is 11.3 Å². The molecule has 0 aliphatic carbocycles. The van der Waals surface area contributed by atoms with E-state index in [0.717, 1.165) is 16.9 Å². The van der Waals surface area contributed by atoms with Gasteiger partial charge in [-0.05, 0) is 36.8 Å². The van der Waals surface area contributed by atoms with Crippen LogP contribution in [0.5, 0.6) is 0 Å². The summed E-state index contributed by atoms with van der Waals surface area (Å²) in [5.74, 6) is 0.800. The third-order valence-corrected chi connectivity index (χ3v) is 4.94. The van der Waals surface area contributed by atoms with Gasteiger partial charge < -0.3 is 10.8 Å². The van der Waals surface area contributed by atoms with E-state index < -0.39 is 0 Å². The summed E-state index contributed by atoms with van der Waals surface area (Å²) in [5, 5.41) is 18.2. The van der Waals surface area contributed by atoms with E-state index in [2.05, 4.69) is 20.2 Å². The summed E-state index contributed by atoms with van der Waals surface area (Å²) in [5.41, 5.74) is 11.7. The predicted molar refractivity (Wildman–Crippen MR) is 115 cm³/mol. The molecule has 154 valence electrons. The maximum absolute atomic E-state index is 9.41. The summed E-state index contributed by atoms with van der Waals surface area (Å²) < 4.78 is 1.88. The number of hydrogen-bond acceptors (Lipinski definition) is 8. The van der Waals surface area contributed by atoms with E-state index in [0.29, 0.717) is 34.1 Å². The zero-order chi connectivity index (χ0) is 21.5. The topological polar surface area (TPSA) is 133 Å². The molecule has 4 heterocycles. The number of nitrogen functional groups attached to an aromatic ring is 1. The number of nitrogens with zero attached hydrogens (tertiary/aromatic N) is 8. The second-order valence-corrected chi connectivity index (χ2v) is 7.05. The molecule has 5 aromatic rings. The van der Waals surface area contributed by atoms with Gasteiger partial charge in [-0.25, -0.2) is 19.9 Å². The highest BCUT2D eigenvalue weighted by Crippen LogP contribution is 2.30. The van der Waals surface area contributed by atoms with Crippen LogP contribution in [0.15, 0.2) is 48.8 Å². The average Bonchev–Trinajstić information content (AvgIpc) is 3.32. The fraction of sp³-hybridized carbons (Fsp3) is 0.143. The molecule has 0 atom stereocenters. The highest BCUT2D eigenvalue weighted by molar-refractivity contribution is 5.83. The number of benzene rings is 1. The van der Waals surface area contributed by atoms with E-state index in [1.165, 1.54) is 11.0 Å². The van der Waals surface area contributed by atoms with Gasteiger partial charge >= 0.3 is 0 Å². The number of nitrogens with two attached hydrogens (primary N) is 1. The van der Waals surface area contributed by atoms with Crippen molar-refractivity contribution in [2.24, 2.45) is 7.05 Å². The fourth-order valence-electron chi connectivity index (χ4n) is 3.50. The lowest BCUT2D eigenvalue weighted by atomic mass is 10.2. The lowest BCUT2D eigenvalue weighted by Crippen LogP contribution is -2.04. The summed E-state index contributed by atoms with van der Waals surface area (Å²) in [6.07, 6.45) is 3.11. The molecule has 5 rings (SSSR count). The van der Waals surface area contributed by atoms with E-state index in [1.807, 2.05) is 47.9 Å². The highest BCUT2D eigenvalue weighted by Gasteiger charge is 2.20. The first-order valence-corrected chi connectivity index (χ1v) is 9.60. The van der Waals surface area contributed by atoms with Gasteiger partial charge in [0, 0.05) is 25.1 Å². The van der Waals surface area contributed by atoms with Crippen molar-refractivity contribution in [3.8, 4) is 28.6 Å². The molecule has 0 saturated heterocycles. The molecule has 10 nitrogen and oxygen atoms in total. The maximum Gasteiger partial charge on any atom is 0.169 e. The second-order valence-electron chi connectivity index (χ2n) is 7.05. The molecule has 0 aliphatic heterocycles. The number of aryl methyl sites for hydroxylation is 2. The molecular weight excluding hydrogens is 394 g/mol. The van der Waals surface area contributed by atoms with Crippen LogP contribution in [0, 0.1) is 6.92 Å². The molecule has 31 heavy (non-hydrogen) atoms. The first-order chi connectivity index (χ1) is 15.0. The Kier molecular flexibility index (Phi) is 4.41. The molecule has 0 spiro atoms. The Morgan fingerprint density at radius 2 is 1.71 bits per heavy atom. The van der Waals surface area contributed by atoms with E-state index in [4.69, 9.17) is 15.7 Å². The fourth-order valence-corrected chi connectivity index (χ4v) is 3.50. The van der Waals surface area contributed by atoms with E-state index in [1.54, 1.807) is 13.2 Å². The molecule has 4 aromatic heterocycles. The number of aliphatic hydroxyl groups is 1. The van der Waals surface area contributed by atoms with Crippen molar-refractivity contribution in [2.45, 2.75) is 13.5 Å². The molecule has 0 aliphatic rings. The number of anilines is 1. The van der Waals surface area contributed by atoms with E-state index in [9.17, 15) is 5.11 Å². The lowest BCUT2D eigenvalue weighted by molar-refractivity contribution is 0.282. The van der Waals surface area contributed by atoms with Gasteiger partial charge in [-0.3, -0.25) is 4.57 Å². The van der Waals surface area contributed by atoms with Crippen molar-refractivity contribution in [3.05, 3.63) is 60.0 Å². The van der Waals surface area contributed by atoms with Crippen LogP contribution in [0.4, 0.5) is 5.82 Å². The molecule has 0 radical (unpaired) electrons. The summed E-state index contributed by atoms with van der Waals surface area (Å²) in [7, 11) is 1.77. The van der Waals surface area contributed by atoms with Crippen molar-refractivity contribution < 1.29 is 5.11 Å². The number of aliphatic hydroxyl groups excluding tert-OH is 1. The average molecular weight is 413 g/mol. The molecule has 0 saturated carbocycles. The minimum Gasteiger partial charge on any atom is -0.392 e. The van der Waals surface area contributed by atoms with E-state index >= 15 is 0 Å². The van der Waals surface area contributed by atoms with Crippen molar-refractivity contribution >= 4 is 17.0 Å². The molecule has 1 aromatic carbocycles. The van der Waals surface area contributed by atoms with Crippen LogP contribution >= 0.6 is 0 Å². The van der Waals surface area contributed by atoms with Gasteiger partial charge in [-0.15, -0.1) is 0 Å². The molecule has 0 unspecified atom stereocenters. The Morgan fingerprint density at radius 1 is 0.935 bits per heavy atom. The van der Waals surface area contributed by atoms with Crippen molar-refractivity contribution in [1.29, 1.82) is 0 Å². The van der Waals surface area contributed by atoms with Gasteiger partial charge in [-0.2, -0.15) is 15.0 Å². The largest absolute Gasteiger partial charge is 0.392 e. The van der Waals surface area contributed by atoms with Gasteiger partial charge in [0.25, 0.3) is 0 Å². The number of pyridine rings is 1. The van der Waals surface area contributed by atoms with Crippen molar-refractivity contribution in [2.75, 3.05) is 5.73 Å². The molecule has 0 fully saturated rings. The quantitative estimate of drug-likeness (QED) is 0.457. The van der Waals surface area contributed by atoms with Crippen LogP contribution in [0.2, 0.25) is 0 Å². The Bertz CT molecular complexity index is 1400. The number of hydrogen-bond donors (Lipinski definition) is 2. The summed E-state index contributed by atoms with van der Waals surface area (Å²) in [6, 6.07) is 11.2. The summed E-state index contributed by atoms with van der Waals surface area (Å²) in [6.45, 7) is 1.86. The van der Waals surface area contributed by atoms with Crippen molar-refractivity contribution in [1.82, 2.24) is 39.5 Å². The Balaban J connectivity index is 1.80. The van der Waals surface area contributed by atoms with Crippen molar-refractivity contribution in [3.63, 3.8) is 0 Å². The van der Waals surface area contributed by atoms with Gasteiger partial charge in [-0.1, -0.05) is 12.1 Å². The standard InChI is InChI=1S/C21H19N9O/c1-12-17(28-29(2)27-12)15-7-8-16-20(25-15)30(14-5-3-13(11-31)4-6-14)21(26-16)18-19(22)24-10-9-23-18/h3-10,31H,11H2,1-2H3,(H2,22,24). The van der Waals surface area contributed by atoms with Gasteiger partial charge in [0.1, 0.15) is 16.9 Å². The SMILES string of the molecule is Cc1nn(C)nc1-c1ccc2nc(-c3nccnc3N)n(-c3ccc(CO)cc3)c2n1. The normalized spacial score (nSPS) is 11.3. The molecule has 3 N–H and O–H groups in total. The molecule has 0 bridgehead atoms. The third-order valence-electron chi connectivity index (χ3n) is 4.94. The van der Waals surface area contributed by atoms with Crippen LogP contribution in [-0.4, -0.2) is 44.6 Å². The summed E-state index contributed by atoms with van der Waals surface area (Å²) in [4.78, 5) is 19.7. The van der Waals surface area contributed by atoms with Gasteiger partial charge in [0.05, 0.1) is 18.0 Å². The zero-order valence-corrected chi connectivity index (χ0v) is 16.9. The van der Waals surface area contributed by atoms with E-state index in [-0.39, 0.29) is 12.4 Å². The Labute approximate surface area is 177 Å². The Hall–Kier alpha value is -4.18. The molecule has 0 amide bonds. The minimum absolute atomic E-state index is 0.0384. The minimum atomic E-state index is -0.0384. The Morgan fingerprint density at radius 3 is 2.39 bits per heavy atom. The smallest absolute Gasteiger partial charge is 0.169 e. The first-order valence-electron chi connectivity index (χ1n) is 9.60. The predicted octanol–water partition coefficient (Wildman–Crippen LogP) is 2.06. The lowest BCUT2D eigenvalue weighted by Gasteiger charge is -2.10. The maximum atomic E-state index is 9.41. The van der Waals surface area contributed by atoms with Crippen LogP contribution in [-0.2, 0) is 13.7 Å². The first kappa shape index (κ1) is 18.8. The monoisotopic (exact) mass is 413 g/mol. The number of imidazole rings is 1. The van der Waals surface area contributed by atoms with Crippen LogP contribution in [0.25, 0.3) is 39.8 Å². The zero-order valence-electron chi connectivity index (χ0n) is 16.9. The molecule has 10 heteroatoms. The van der Waals surface area contributed by atoms with Crippen LogP contribution < -0.4 is 5.73 Å². The second kappa shape index (κ2) is 7.26. The highest BCUT2D eigenvalue weighted by atomic mass is 16.3. The summed E-state index contributed by atoms with van der Waals surface area (Å²) >= 11 is 0. The number of aromatic nitrogens is 8.